The Morgan fingerprint density at radius 3 is 2.52 bits per heavy atom. The molecule has 7 heteroatoms. The van der Waals surface area contributed by atoms with E-state index in [4.69, 9.17) is 9.15 Å². The first-order valence-corrected chi connectivity index (χ1v) is 8.32. The van der Waals surface area contributed by atoms with Gasteiger partial charge in [-0.05, 0) is 31.5 Å². The number of ether oxygens (including phenoxy) is 1. The van der Waals surface area contributed by atoms with E-state index < -0.39 is 0 Å². The molecule has 0 aliphatic carbocycles. The van der Waals surface area contributed by atoms with Gasteiger partial charge in [0.25, 0.3) is 5.91 Å². The number of furan rings is 1. The van der Waals surface area contributed by atoms with Gasteiger partial charge in [0.1, 0.15) is 17.2 Å². The van der Waals surface area contributed by atoms with Crippen LogP contribution < -0.4 is 0 Å². The lowest BCUT2D eigenvalue weighted by molar-refractivity contribution is 0.0591. The highest BCUT2D eigenvalue weighted by Gasteiger charge is 2.25. The first kappa shape index (κ1) is 17.3. The van der Waals surface area contributed by atoms with Crippen molar-refractivity contribution in [1.82, 2.24) is 14.8 Å². The van der Waals surface area contributed by atoms with Crippen LogP contribution in [0.3, 0.4) is 0 Å². The Hall–Kier alpha value is -2.54. The van der Waals surface area contributed by atoms with Crippen LogP contribution in [0.15, 0.2) is 22.7 Å². The first-order valence-electron chi connectivity index (χ1n) is 8.32. The maximum atomic E-state index is 12.6. The number of amides is 1. The minimum Gasteiger partial charge on any atom is -0.466 e. The minimum atomic E-state index is -0.368. The molecule has 1 aliphatic rings. The molecular weight excluding hydrogens is 322 g/mol. The summed E-state index contributed by atoms with van der Waals surface area (Å²) in [4.78, 5) is 31.1. The lowest BCUT2D eigenvalue weighted by atomic mass is 10.2. The van der Waals surface area contributed by atoms with E-state index in [2.05, 4.69) is 9.88 Å². The molecule has 0 bridgehead atoms. The fraction of sp³-hybridized carbons (Fsp3) is 0.444. The molecule has 1 aliphatic heterocycles. The SMILES string of the molecule is COC(=O)c1cc(CN2CCN(C(=O)c3cc(C)oc3C)CC2)c[nH]1. The molecule has 7 nitrogen and oxygen atoms in total. The van der Waals surface area contributed by atoms with Gasteiger partial charge in [-0.3, -0.25) is 9.69 Å². The van der Waals surface area contributed by atoms with Gasteiger partial charge in [0.15, 0.2) is 0 Å². The fourth-order valence-electron chi connectivity index (χ4n) is 3.14. The van der Waals surface area contributed by atoms with Crippen LogP contribution in [0.1, 0.15) is 37.9 Å². The van der Waals surface area contributed by atoms with Crippen LogP contribution in [-0.4, -0.2) is 59.9 Å². The summed E-state index contributed by atoms with van der Waals surface area (Å²) < 4.78 is 10.2. The van der Waals surface area contributed by atoms with Crippen molar-refractivity contribution in [3.8, 4) is 0 Å². The van der Waals surface area contributed by atoms with Crippen LogP contribution in [0.4, 0.5) is 0 Å². The molecule has 3 rings (SSSR count). The average molecular weight is 345 g/mol. The number of nitrogens with zero attached hydrogens (tertiary/aromatic N) is 2. The molecule has 2 aromatic heterocycles. The Morgan fingerprint density at radius 1 is 1.20 bits per heavy atom. The topological polar surface area (TPSA) is 78.8 Å². The lowest BCUT2D eigenvalue weighted by Crippen LogP contribution is -2.48. The van der Waals surface area contributed by atoms with Gasteiger partial charge in [0, 0.05) is 38.9 Å². The summed E-state index contributed by atoms with van der Waals surface area (Å²) in [6.45, 7) is 7.34. The number of esters is 1. The number of aromatic amines is 1. The van der Waals surface area contributed by atoms with E-state index in [0.717, 1.165) is 31.0 Å². The van der Waals surface area contributed by atoms with E-state index in [1.165, 1.54) is 7.11 Å². The van der Waals surface area contributed by atoms with Gasteiger partial charge in [0.2, 0.25) is 0 Å². The number of nitrogens with one attached hydrogen (secondary N) is 1. The Morgan fingerprint density at radius 2 is 1.92 bits per heavy atom. The smallest absolute Gasteiger partial charge is 0.354 e. The number of hydrogen-bond donors (Lipinski definition) is 1. The second kappa shape index (κ2) is 7.14. The maximum Gasteiger partial charge on any atom is 0.354 e. The van der Waals surface area contributed by atoms with Crippen molar-refractivity contribution in [3.05, 3.63) is 46.7 Å². The molecule has 0 spiro atoms. The van der Waals surface area contributed by atoms with Gasteiger partial charge in [-0.1, -0.05) is 0 Å². The van der Waals surface area contributed by atoms with Gasteiger partial charge in [-0.2, -0.15) is 0 Å². The molecule has 1 fully saturated rings. The number of H-pyrrole nitrogens is 1. The van der Waals surface area contributed by atoms with Crippen molar-refractivity contribution in [1.29, 1.82) is 0 Å². The van der Waals surface area contributed by atoms with Crippen LogP contribution in [0, 0.1) is 13.8 Å². The molecule has 0 aromatic carbocycles. The highest BCUT2D eigenvalue weighted by Crippen LogP contribution is 2.18. The summed E-state index contributed by atoms with van der Waals surface area (Å²) in [5, 5.41) is 0. The normalized spacial score (nSPS) is 15.4. The van der Waals surface area contributed by atoms with Gasteiger partial charge < -0.3 is 19.0 Å². The molecule has 25 heavy (non-hydrogen) atoms. The summed E-state index contributed by atoms with van der Waals surface area (Å²) in [5.41, 5.74) is 2.14. The van der Waals surface area contributed by atoms with E-state index in [1.54, 1.807) is 12.1 Å². The van der Waals surface area contributed by atoms with E-state index >= 15 is 0 Å². The van der Waals surface area contributed by atoms with E-state index in [-0.39, 0.29) is 11.9 Å². The number of methoxy groups -OCH3 is 1. The Labute approximate surface area is 146 Å². The summed E-state index contributed by atoms with van der Waals surface area (Å²) in [6.07, 6.45) is 1.82. The molecular formula is C18H23N3O4. The highest BCUT2D eigenvalue weighted by molar-refractivity contribution is 5.95. The van der Waals surface area contributed by atoms with Gasteiger partial charge in [-0.25, -0.2) is 4.79 Å². The summed E-state index contributed by atoms with van der Waals surface area (Å²) in [6, 6.07) is 3.61. The number of piperazine rings is 1. The number of carbonyl (C=O) groups excluding carboxylic acids is 2. The molecule has 1 N–H and O–H groups in total. The highest BCUT2D eigenvalue weighted by atomic mass is 16.5. The molecule has 0 atom stereocenters. The maximum absolute atomic E-state index is 12.6. The average Bonchev–Trinajstić information content (AvgIpc) is 3.20. The second-order valence-corrected chi connectivity index (χ2v) is 6.31. The number of aromatic nitrogens is 1. The third kappa shape index (κ3) is 3.76. The van der Waals surface area contributed by atoms with E-state index in [9.17, 15) is 9.59 Å². The lowest BCUT2D eigenvalue weighted by Gasteiger charge is -2.34. The van der Waals surface area contributed by atoms with Gasteiger partial charge in [-0.15, -0.1) is 0 Å². The van der Waals surface area contributed by atoms with Crippen molar-refractivity contribution < 1.29 is 18.7 Å². The zero-order valence-electron chi connectivity index (χ0n) is 14.8. The van der Waals surface area contributed by atoms with Crippen molar-refractivity contribution in [2.24, 2.45) is 0 Å². The van der Waals surface area contributed by atoms with Crippen LogP contribution in [0.5, 0.6) is 0 Å². The molecule has 0 unspecified atom stereocenters. The van der Waals surface area contributed by atoms with Crippen LogP contribution >= 0.6 is 0 Å². The van der Waals surface area contributed by atoms with Crippen molar-refractivity contribution in [3.63, 3.8) is 0 Å². The molecule has 1 saturated heterocycles. The third-order valence-corrected chi connectivity index (χ3v) is 4.49. The Balaban J connectivity index is 1.55. The molecule has 0 radical (unpaired) electrons. The Kier molecular flexibility index (Phi) is 4.94. The predicted octanol–water partition coefficient (Wildman–Crippen LogP) is 1.97. The molecule has 2 aromatic rings. The van der Waals surface area contributed by atoms with Gasteiger partial charge in [0.05, 0.1) is 12.7 Å². The minimum absolute atomic E-state index is 0.0311. The standard InChI is InChI=1S/C18H23N3O4/c1-12-8-15(13(2)25-12)17(22)21-6-4-20(5-7-21)11-14-9-16(19-10-14)18(23)24-3/h8-10,19H,4-7,11H2,1-3H3. The van der Waals surface area contributed by atoms with E-state index in [0.29, 0.717) is 30.1 Å². The summed E-state index contributed by atoms with van der Waals surface area (Å²) in [5.74, 6) is 1.09. The van der Waals surface area contributed by atoms with Gasteiger partial charge >= 0.3 is 5.97 Å². The van der Waals surface area contributed by atoms with E-state index in [1.807, 2.05) is 24.9 Å². The number of rotatable bonds is 4. The molecule has 1 amide bonds. The summed E-state index contributed by atoms with van der Waals surface area (Å²) >= 11 is 0. The third-order valence-electron chi connectivity index (χ3n) is 4.49. The predicted molar refractivity (Wildman–Crippen MR) is 91.5 cm³/mol. The van der Waals surface area contributed by atoms with Crippen molar-refractivity contribution in [2.75, 3.05) is 33.3 Å². The zero-order chi connectivity index (χ0) is 18.0. The molecule has 3 heterocycles. The van der Waals surface area contributed by atoms with Crippen molar-refractivity contribution in [2.45, 2.75) is 20.4 Å². The van der Waals surface area contributed by atoms with Crippen LogP contribution in [-0.2, 0) is 11.3 Å². The number of hydrogen-bond acceptors (Lipinski definition) is 5. The van der Waals surface area contributed by atoms with Crippen LogP contribution in [0.2, 0.25) is 0 Å². The number of aryl methyl sites for hydroxylation is 2. The number of carbonyl (C=O) groups is 2. The zero-order valence-corrected chi connectivity index (χ0v) is 14.8. The monoisotopic (exact) mass is 345 g/mol. The largest absolute Gasteiger partial charge is 0.466 e. The quantitative estimate of drug-likeness (QED) is 0.857. The van der Waals surface area contributed by atoms with Crippen LogP contribution in [0.25, 0.3) is 0 Å². The fourth-order valence-corrected chi connectivity index (χ4v) is 3.14. The first-order chi connectivity index (χ1) is 12.0. The second-order valence-electron chi connectivity index (χ2n) is 6.31. The summed E-state index contributed by atoms with van der Waals surface area (Å²) in [7, 11) is 1.36. The molecule has 134 valence electrons. The Bertz CT molecular complexity index is 769. The van der Waals surface area contributed by atoms with Crippen molar-refractivity contribution >= 4 is 11.9 Å². The molecule has 0 saturated carbocycles.